The molecule has 0 bridgehead atoms. The molecule has 2 atom stereocenters. The van der Waals surface area contributed by atoms with Crippen molar-refractivity contribution in [2.75, 3.05) is 25.4 Å². The minimum atomic E-state index is -0.815. The Labute approximate surface area is 113 Å². The Hall–Kier alpha value is -0.260. The van der Waals surface area contributed by atoms with Crippen molar-refractivity contribution in [2.24, 2.45) is 0 Å². The largest absolute Gasteiger partial charge is 0.479 e. The van der Waals surface area contributed by atoms with Gasteiger partial charge in [-0.2, -0.15) is 11.8 Å². The molecule has 2 aliphatic heterocycles. The van der Waals surface area contributed by atoms with Gasteiger partial charge in [-0.25, -0.2) is 4.79 Å². The summed E-state index contributed by atoms with van der Waals surface area (Å²) < 4.78 is 5.94. The molecule has 5 heteroatoms. The van der Waals surface area contributed by atoms with Gasteiger partial charge in [-0.05, 0) is 25.8 Å². The zero-order valence-corrected chi connectivity index (χ0v) is 12.0. The lowest BCUT2D eigenvalue weighted by Crippen LogP contribution is -2.35. The summed E-state index contributed by atoms with van der Waals surface area (Å²) in [6.07, 6.45) is 2.26. The Morgan fingerprint density at radius 2 is 2.22 bits per heavy atom. The third kappa shape index (κ3) is 3.87. The minimum Gasteiger partial charge on any atom is -0.479 e. The van der Waals surface area contributed by atoms with Gasteiger partial charge >= 0.3 is 5.97 Å². The monoisotopic (exact) mass is 273 g/mol. The number of carboxylic acids is 1. The van der Waals surface area contributed by atoms with E-state index >= 15 is 0 Å². The number of hydrogen-bond acceptors (Lipinski definition) is 4. The van der Waals surface area contributed by atoms with E-state index in [-0.39, 0.29) is 6.10 Å². The van der Waals surface area contributed by atoms with Gasteiger partial charge in [-0.3, -0.25) is 4.90 Å². The van der Waals surface area contributed by atoms with Gasteiger partial charge in [0.25, 0.3) is 0 Å². The van der Waals surface area contributed by atoms with Crippen molar-refractivity contribution >= 4 is 17.7 Å². The number of aliphatic carboxylic acids is 1. The number of thioether (sulfide) groups is 1. The molecule has 4 nitrogen and oxygen atoms in total. The molecule has 2 aliphatic rings. The topological polar surface area (TPSA) is 49.8 Å². The third-order valence-corrected chi connectivity index (χ3v) is 5.15. The molecule has 0 saturated carbocycles. The van der Waals surface area contributed by atoms with Gasteiger partial charge in [-0.1, -0.05) is 13.8 Å². The van der Waals surface area contributed by atoms with Crippen LogP contribution in [0.3, 0.4) is 0 Å². The normalized spacial score (nSPS) is 33.2. The predicted molar refractivity (Wildman–Crippen MR) is 73.1 cm³/mol. The second kappa shape index (κ2) is 5.80. The third-order valence-electron chi connectivity index (χ3n) is 3.78. The highest BCUT2D eigenvalue weighted by Crippen LogP contribution is 2.31. The first-order valence-corrected chi connectivity index (χ1v) is 7.69. The molecule has 0 aromatic heterocycles. The van der Waals surface area contributed by atoms with Gasteiger partial charge in [-0.15, -0.1) is 0 Å². The summed E-state index contributed by atoms with van der Waals surface area (Å²) in [5.41, 5.74) is 0. The van der Waals surface area contributed by atoms with Crippen molar-refractivity contribution < 1.29 is 14.6 Å². The molecule has 0 radical (unpaired) electrons. The Morgan fingerprint density at radius 3 is 2.89 bits per heavy atom. The fraction of sp³-hybridized carbons (Fsp3) is 0.923. The number of rotatable bonds is 3. The van der Waals surface area contributed by atoms with Gasteiger partial charge in [0, 0.05) is 23.6 Å². The summed E-state index contributed by atoms with van der Waals surface area (Å²) in [7, 11) is 0. The van der Waals surface area contributed by atoms with Crippen molar-refractivity contribution in [3.63, 3.8) is 0 Å². The average Bonchev–Trinajstić information content (AvgIpc) is 2.67. The van der Waals surface area contributed by atoms with Crippen molar-refractivity contribution in [1.29, 1.82) is 0 Å². The predicted octanol–water partition coefficient (Wildman–Crippen LogP) is 1.84. The number of nitrogens with zero attached hydrogens (tertiary/aromatic N) is 1. The van der Waals surface area contributed by atoms with Crippen LogP contribution in [0, 0.1) is 0 Å². The zero-order valence-electron chi connectivity index (χ0n) is 11.2. The lowest BCUT2D eigenvalue weighted by molar-refractivity contribution is -0.149. The Bertz CT molecular complexity index is 309. The lowest BCUT2D eigenvalue weighted by atomic mass is 10.1. The molecule has 0 amide bonds. The minimum absolute atomic E-state index is 0.109. The fourth-order valence-electron chi connectivity index (χ4n) is 2.55. The Kier molecular flexibility index (Phi) is 4.56. The van der Waals surface area contributed by atoms with Crippen LogP contribution in [0.15, 0.2) is 0 Å². The van der Waals surface area contributed by atoms with Crippen LogP contribution in [0.25, 0.3) is 0 Å². The van der Waals surface area contributed by atoms with E-state index in [1.807, 2.05) is 11.8 Å². The van der Waals surface area contributed by atoms with Crippen LogP contribution < -0.4 is 0 Å². The van der Waals surface area contributed by atoms with E-state index in [1.54, 1.807) is 0 Å². The second-order valence-electron chi connectivity index (χ2n) is 5.82. The summed E-state index contributed by atoms with van der Waals surface area (Å²) >= 11 is 2.03. The number of carbonyl (C=O) groups is 1. The maximum atomic E-state index is 10.8. The summed E-state index contributed by atoms with van der Waals surface area (Å²) in [5.74, 6) is 0.340. The van der Waals surface area contributed by atoms with Crippen molar-refractivity contribution in [3.8, 4) is 0 Å². The highest BCUT2D eigenvalue weighted by atomic mass is 32.2. The van der Waals surface area contributed by atoms with Gasteiger partial charge in [0.15, 0.2) is 6.10 Å². The number of hydrogen-bond donors (Lipinski definition) is 1. The van der Waals surface area contributed by atoms with E-state index in [0.717, 1.165) is 31.8 Å². The first-order chi connectivity index (χ1) is 8.46. The standard InChI is InChI=1S/C13H23NO3S/c1-13(2)5-6-14(7-8-18-13)9-10-3-4-11(17-10)12(15)16/h10-11H,3-9H2,1-2H3,(H,15,16). The summed E-state index contributed by atoms with van der Waals surface area (Å²) in [6.45, 7) is 7.67. The fourth-order valence-corrected chi connectivity index (χ4v) is 3.69. The van der Waals surface area contributed by atoms with Crippen LogP contribution in [0.4, 0.5) is 0 Å². The maximum absolute atomic E-state index is 10.8. The van der Waals surface area contributed by atoms with E-state index < -0.39 is 12.1 Å². The van der Waals surface area contributed by atoms with Crippen molar-refractivity contribution in [3.05, 3.63) is 0 Å². The molecule has 18 heavy (non-hydrogen) atoms. The molecular formula is C13H23NO3S. The van der Waals surface area contributed by atoms with Crippen LogP contribution in [-0.2, 0) is 9.53 Å². The SMILES string of the molecule is CC1(C)CCN(CC2CCC(C(=O)O)O2)CCS1. The van der Waals surface area contributed by atoms with Crippen LogP contribution in [-0.4, -0.2) is 58.3 Å². The van der Waals surface area contributed by atoms with E-state index in [0.29, 0.717) is 11.2 Å². The summed E-state index contributed by atoms with van der Waals surface area (Å²) in [6, 6.07) is 0. The van der Waals surface area contributed by atoms with E-state index in [9.17, 15) is 4.79 Å². The van der Waals surface area contributed by atoms with Crippen LogP contribution in [0.1, 0.15) is 33.1 Å². The summed E-state index contributed by atoms with van der Waals surface area (Å²) in [5, 5.41) is 8.91. The zero-order chi connectivity index (χ0) is 13.2. The molecule has 0 aromatic carbocycles. The molecule has 104 valence electrons. The number of ether oxygens (including phenoxy) is 1. The molecular weight excluding hydrogens is 250 g/mol. The van der Waals surface area contributed by atoms with Crippen molar-refractivity contribution in [1.82, 2.24) is 4.90 Å². The van der Waals surface area contributed by atoms with Gasteiger partial charge in [0.1, 0.15) is 0 Å². The first-order valence-electron chi connectivity index (χ1n) is 6.71. The quantitative estimate of drug-likeness (QED) is 0.850. The highest BCUT2D eigenvalue weighted by Gasteiger charge is 2.32. The smallest absolute Gasteiger partial charge is 0.332 e. The van der Waals surface area contributed by atoms with E-state index in [1.165, 1.54) is 6.42 Å². The number of carboxylic acid groups (broad SMARTS) is 1. The molecule has 2 fully saturated rings. The Morgan fingerprint density at radius 1 is 1.44 bits per heavy atom. The van der Waals surface area contributed by atoms with Crippen LogP contribution in [0.5, 0.6) is 0 Å². The molecule has 2 heterocycles. The van der Waals surface area contributed by atoms with Gasteiger partial charge < -0.3 is 9.84 Å². The molecule has 2 rings (SSSR count). The lowest BCUT2D eigenvalue weighted by Gasteiger charge is -2.24. The first kappa shape index (κ1) is 14.2. The second-order valence-corrected chi connectivity index (χ2v) is 7.62. The maximum Gasteiger partial charge on any atom is 0.332 e. The van der Waals surface area contributed by atoms with Gasteiger partial charge in [0.2, 0.25) is 0 Å². The highest BCUT2D eigenvalue weighted by molar-refractivity contribution is 8.00. The Balaban J connectivity index is 1.78. The molecule has 0 spiro atoms. The van der Waals surface area contributed by atoms with Crippen LogP contribution in [0.2, 0.25) is 0 Å². The average molecular weight is 273 g/mol. The summed E-state index contributed by atoms with van der Waals surface area (Å²) in [4.78, 5) is 13.3. The molecule has 0 aromatic rings. The molecule has 1 N–H and O–H groups in total. The van der Waals surface area contributed by atoms with E-state index in [2.05, 4.69) is 18.7 Å². The van der Waals surface area contributed by atoms with Crippen LogP contribution >= 0.6 is 11.8 Å². The molecule has 2 unspecified atom stereocenters. The van der Waals surface area contributed by atoms with Gasteiger partial charge in [0.05, 0.1) is 6.10 Å². The molecule has 0 aliphatic carbocycles. The van der Waals surface area contributed by atoms with E-state index in [4.69, 9.17) is 9.84 Å². The molecule has 2 saturated heterocycles. The van der Waals surface area contributed by atoms with Crippen molar-refractivity contribution in [2.45, 2.75) is 50.1 Å².